The molecular formula is C17H26O2. The number of carbonyl (C=O) groups is 1. The lowest BCUT2D eigenvalue weighted by Crippen LogP contribution is -2.06. The zero-order valence-electron chi connectivity index (χ0n) is 12.6. The second kappa shape index (κ2) is 7.98. The van der Waals surface area contributed by atoms with Gasteiger partial charge >= 0.3 is 0 Å². The van der Waals surface area contributed by atoms with Crippen LogP contribution >= 0.6 is 0 Å². The molecule has 0 heterocycles. The van der Waals surface area contributed by atoms with Crippen molar-refractivity contribution in [3.8, 4) is 5.75 Å². The molecule has 0 amide bonds. The first kappa shape index (κ1) is 15.7. The van der Waals surface area contributed by atoms with Crippen molar-refractivity contribution in [1.82, 2.24) is 0 Å². The maximum Gasteiger partial charge on any atom is 0.132 e. The number of ether oxygens (including phenoxy) is 1. The van der Waals surface area contributed by atoms with Gasteiger partial charge in [-0.1, -0.05) is 26.0 Å². The third-order valence-corrected chi connectivity index (χ3v) is 3.38. The molecular weight excluding hydrogens is 236 g/mol. The Hall–Kier alpha value is -1.31. The lowest BCUT2D eigenvalue weighted by Gasteiger charge is -2.16. The summed E-state index contributed by atoms with van der Waals surface area (Å²) in [5, 5.41) is 0. The van der Waals surface area contributed by atoms with E-state index in [1.165, 1.54) is 5.56 Å². The normalized spacial score (nSPS) is 12.5. The zero-order chi connectivity index (χ0) is 14.3. The Morgan fingerprint density at radius 1 is 1.16 bits per heavy atom. The van der Waals surface area contributed by atoms with E-state index in [0.717, 1.165) is 18.6 Å². The van der Waals surface area contributed by atoms with Crippen LogP contribution < -0.4 is 4.74 Å². The van der Waals surface area contributed by atoms with Gasteiger partial charge in [0.05, 0.1) is 6.10 Å². The number of benzene rings is 1. The molecule has 0 bridgehead atoms. The van der Waals surface area contributed by atoms with E-state index in [-0.39, 0.29) is 6.10 Å². The van der Waals surface area contributed by atoms with Gasteiger partial charge in [-0.15, -0.1) is 0 Å². The summed E-state index contributed by atoms with van der Waals surface area (Å²) in [5.74, 6) is 1.75. The van der Waals surface area contributed by atoms with Gasteiger partial charge in [-0.2, -0.15) is 0 Å². The summed E-state index contributed by atoms with van der Waals surface area (Å²) < 4.78 is 5.64. The highest BCUT2D eigenvalue weighted by atomic mass is 16.5. The van der Waals surface area contributed by atoms with Crippen molar-refractivity contribution in [2.24, 2.45) is 0 Å². The summed E-state index contributed by atoms with van der Waals surface area (Å²) in [4.78, 5) is 11.4. The molecule has 0 aromatic heterocycles. The minimum absolute atomic E-state index is 0.204. The van der Waals surface area contributed by atoms with Gasteiger partial charge in [-0.05, 0) is 50.3 Å². The maximum absolute atomic E-state index is 11.4. The van der Waals surface area contributed by atoms with Gasteiger partial charge in [0.1, 0.15) is 11.5 Å². The van der Waals surface area contributed by atoms with Crippen LogP contribution in [-0.2, 0) is 4.79 Å². The molecule has 1 aromatic rings. The van der Waals surface area contributed by atoms with Crippen molar-refractivity contribution in [2.45, 2.75) is 65.4 Å². The van der Waals surface area contributed by atoms with Crippen LogP contribution in [-0.4, -0.2) is 11.9 Å². The largest absolute Gasteiger partial charge is 0.491 e. The van der Waals surface area contributed by atoms with Gasteiger partial charge in [0, 0.05) is 12.8 Å². The third kappa shape index (κ3) is 5.46. The number of hydrogen-bond donors (Lipinski definition) is 0. The zero-order valence-corrected chi connectivity index (χ0v) is 12.6. The smallest absolute Gasteiger partial charge is 0.132 e. The predicted octanol–water partition coefficient (Wildman–Crippen LogP) is 4.73. The van der Waals surface area contributed by atoms with Gasteiger partial charge in [-0.25, -0.2) is 0 Å². The molecule has 0 fully saturated rings. The Kier molecular flexibility index (Phi) is 6.61. The molecule has 0 saturated carbocycles. The molecule has 0 spiro atoms. The Bertz CT molecular complexity index is 379. The molecule has 0 radical (unpaired) electrons. The van der Waals surface area contributed by atoms with E-state index in [0.29, 0.717) is 24.5 Å². The van der Waals surface area contributed by atoms with Crippen molar-refractivity contribution in [2.75, 3.05) is 0 Å². The maximum atomic E-state index is 11.4. The highest BCUT2D eigenvalue weighted by Crippen LogP contribution is 2.27. The quantitative estimate of drug-likeness (QED) is 0.677. The first-order chi connectivity index (χ1) is 9.06. The molecule has 1 atom stereocenters. The van der Waals surface area contributed by atoms with Gasteiger partial charge < -0.3 is 4.74 Å². The summed E-state index contributed by atoms with van der Waals surface area (Å²) >= 11 is 0. The second-order valence-electron chi connectivity index (χ2n) is 5.27. The molecule has 0 N–H and O–H groups in total. The number of hydrogen-bond acceptors (Lipinski definition) is 2. The topological polar surface area (TPSA) is 26.3 Å². The van der Waals surface area contributed by atoms with E-state index in [4.69, 9.17) is 4.74 Å². The molecule has 1 unspecified atom stereocenters. The fourth-order valence-corrected chi connectivity index (χ4v) is 2.21. The van der Waals surface area contributed by atoms with Crippen LogP contribution in [0, 0.1) is 0 Å². The van der Waals surface area contributed by atoms with Crippen LogP contribution in [0.1, 0.15) is 64.9 Å². The fourth-order valence-electron chi connectivity index (χ4n) is 2.21. The lowest BCUT2D eigenvalue weighted by molar-refractivity contribution is -0.118. The highest BCUT2D eigenvalue weighted by Gasteiger charge is 2.11. The Labute approximate surface area is 117 Å². The van der Waals surface area contributed by atoms with Gasteiger partial charge in [0.15, 0.2) is 0 Å². The Balaban J connectivity index is 2.63. The molecule has 0 aliphatic heterocycles. The average Bonchev–Trinajstić information content (AvgIpc) is 2.40. The van der Waals surface area contributed by atoms with Crippen molar-refractivity contribution >= 4 is 5.78 Å². The third-order valence-electron chi connectivity index (χ3n) is 3.38. The van der Waals surface area contributed by atoms with E-state index < -0.39 is 0 Å². The summed E-state index contributed by atoms with van der Waals surface area (Å²) in [7, 11) is 0. The van der Waals surface area contributed by atoms with Crippen LogP contribution in [0.3, 0.4) is 0 Å². The summed E-state index contributed by atoms with van der Waals surface area (Å²) in [6.07, 6.45) is 3.57. The molecule has 0 aliphatic rings. The standard InChI is InChI=1S/C17H26O2/c1-5-14(7-10-16(18)6-2)15-8-11-17(12-9-15)19-13(3)4/h8-9,11-14H,5-7,10H2,1-4H3. The molecule has 1 rings (SSSR count). The van der Waals surface area contributed by atoms with Crippen LogP contribution in [0.2, 0.25) is 0 Å². The van der Waals surface area contributed by atoms with Crippen molar-refractivity contribution in [3.63, 3.8) is 0 Å². The van der Waals surface area contributed by atoms with Crippen LogP contribution in [0.4, 0.5) is 0 Å². The molecule has 1 aromatic carbocycles. The molecule has 19 heavy (non-hydrogen) atoms. The average molecular weight is 262 g/mol. The Morgan fingerprint density at radius 2 is 1.79 bits per heavy atom. The first-order valence-corrected chi connectivity index (χ1v) is 7.35. The van der Waals surface area contributed by atoms with Crippen LogP contribution in [0.25, 0.3) is 0 Å². The minimum atomic E-state index is 0.204. The first-order valence-electron chi connectivity index (χ1n) is 7.35. The van der Waals surface area contributed by atoms with E-state index in [1.807, 2.05) is 32.9 Å². The van der Waals surface area contributed by atoms with E-state index in [1.54, 1.807) is 0 Å². The number of ketones is 1. The van der Waals surface area contributed by atoms with Gasteiger partial charge in [0.2, 0.25) is 0 Å². The molecule has 0 aliphatic carbocycles. The van der Waals surface area contributed by atoms with Crippen molar-refractivity contribution in [3.05, 3.63) is 29.8 Å². The Morgan fingerprint density at radius 3 is 2.26 bits per heavy atom. The number of carbonyl (C=O) groups excluding carboxylic acids is 1. The number of Topliss-reactive ketones (excluding diaryl/α,β-unsaturated/α-hetero) is 1. The van der Waals surface area contributed by atoms with E-state index in [9.17, 15) is 4.79 Å². The van der Waals surface area contributed by atoms with Crippen molar-refractivity contribution < 1.29 is 9.53 Å². The van der Waals surface area contributed by atoms with Gasteiger partial charge in [0.25, 0.3) is 0 Å². The number of rotatable bonds is 8. The van der Waals surface area contributed by atoms with E-state index >= 15 is 0 Å². The summed E-state index contributed by atoms with van der Waals surface area (Å²) in [6, 6.07) is 8.31. The fraction of sp³-hybridized carbons (Fsp3) is 0.588. The predicted molar refractivity (Wildman–Crippen MR) is 79.8 cm³/mol. The van der Waals surface area contributed by atoms with Crippen molar-refractivity contribution in [1.29, 1.82) is 0 Å². The lowest BCUT2D eigenvalue weighted by atomic mass is 9.91. The molecule has 2 nitrogen and oxygen atoms in total. The van der Waals surface area contributed by atoms with E-state index in [2.05, 4.69) is 19.1 Å². The summed E-state index contributed by atoms with van der Waals surface area (Å²) in [5.41, 5.74) is 1.31. The SMILES string of the molecule is CCC(=O)CCC(CC)c1ccc(OC(C)C)cc1. The monoisotopic (exact) mass is 262 g/mol. The second-order valence-corrected chi connectivity index (χ2v) is 5.27. The molecule has 0 saturated heterocycles. The summed E-state index contributed by atoms with van der Waals surface area (Å²) in [6.45, 7) is 8.17. The van der Waals surface area contributed by atoms with Crippen LogP contribution in [0.5, 0.6) is 5.75 Å². The highest BCUT2D eigenvalue weighted by molar-refractivity contribution is 5.78. The molecule has 106 valence electrons. The van der Waals surface area contributed by atoms with Crippen LogP contribution in [0.15, 0.2) is 24.3 Å². The minimum Gasteiger partial charge on any atom is -0.491 e. The van der Waals surface area contributed by atoms with Gasteiger partial charge in [-0.3, -0.25) is 4.79 Å². The molecule has 2 heteroatoms.